The molecule has 1 fully saturated rings. The summed E-state index contributed by atoms with van der Waals surface area (Å²) in [5.41, 5.74) is -0.436. The molecule has 1 saturated carbocycles. The Kier molecular flexibility index (Phi) is 6.94. The number of ether oxygens (including phenoxy) is 2. The number of amides is 1. The summed E-state index contributed by atoms with van der Waals surface area (Å²) >= 11 is 0. The molecule has 1 aliphatic rings. The smallest absolute Gasteiger partial charge is 0.410 e. The molecule has 0 radical (unpaired) electrons. The van der Waals surface area contributed by atoms with E-state index in [2.05, 4.69) is 19.2 Å². The highest BCUT2D eigenvalue weighted by atomic mass is 16.6. The van der Waals surface area contributed by atoms with E-state index in [-0.39, 0.29) is 6.09 Å². The van der Waals surface area contributed by atoms with Crippen LogP contribution >= 0.6 is 0 Å². The second kappa shape index (κ2) is 7.99. The largest absolute Gasteiger partial charge is 0.444 e. The normalized spacial score (nSPS) is 16.9. The molecule has 5 heteroatoms. The van der Waals surface area contributed by atoms with E-state index in [0.717, 1.165) is 19.4 Å². The van der Waals surface area contributed by atoms with E-state index in [0.29, 0.717) is 31.2 Å². The second-order valence-corrected chi connectivity index (χ2v) is 7.16. The van der Waals surface area contributed by atoms with Crippen molar-refractivity contribution >= 4 is 6.09 Å². The molecule has 0 bridgehead atoms. The zero-order chi connectivity index (χ0) is 16.0. The Morgan fingerprint density at radius 3 is 2.38 bits per heavy atom. The van der Waals surface area contributed by atoms with Crippen LogP contribution in [0.2, 0.25) is 0 Å². The molecule has 0 aromatic heterocycles. The number of hydrogen-bond acceptors (Lipinski definition) is 4. The van der Waals surface area contributed by atoms with E-state index >= 15 is 0 Å². The van der Waals surface area contributed by atoms with Gasteiger partial charge in [-0.15, -0.1) is 0 Å². The van der Waals surface area contributed by atoms with Crippen LogP contribution in [-0.4, -0.2) is 55.5 Å². The molecule has 21 heavy (non-hydrogen) atoms. The molecule has 1 N–H and O–H groups in total. The van der Waals surface area contributed by atoms with E-state index in [9.17, 15) is 4.79 Å². The van der Waals surface area contributed by atoms with Gasteiger partial charge in [-0.05, 0) is 39.5 Å². The maximum Gasteiger partial charge on any atom is 0.410 e. The summed E-state index contributed by atoms with van der Waals surface area (Å²) in [7, 11) is 1.72. The number of nitrogens with one attached hydrogen (secondary N) is 1. The minimum atomic E-state index is -0.436. The molecule has 0 spiro atoms. The average Bonchev–Trinajstić information content (AvgIpc) is 3.14. The van der Waals surface area contributed by atoms with Crippen LogP contribution in [0.3, 0.4) is 0 Å². The van der Waals surface area contributed by atoms with Gasteiger partial charge < -0.3 is 19.7 Å². The molecular formula is C16H32N2O3. The standard InChI is InChI=1S/C16H32N2O3/c1-12(2)14(11-20-6)17-9-10-18(13-7-8-13)15(19)21-16(3,4)5/h12-14,17H,7-11H2,1-6H3. The minimum absolute atomic E-state index is 0.195. The van der Waals surface area contributed by atoms with Gasteiger partial charge in [0.15, 0.2) is 0 Å². The molecule has 0 heterocycles. The first kappa shape index (κ1) is 18.2. The highest BCUT2D eigenvalue weighted by Crippen LogP contribution is 2.28. The number of rotatable bonds is 8. The van der Waals surface area contributed by atoms with Crippen molar-refractivity contribution in [1.29, 1.82) is 0 Å². The fraction of sp³-hybridized carbons (Fsp3) is 0.938. The quantitative estimate of drug-likeness (QED) is 0.749. The summed E-state index contributed by atoms with van der Waals surface area (Å²) < 4.78 is 10.7. The van der Waals surface area contributed by atoms with Gasteiger partial charge in [0.05, 0.1) is 6.61 Å². The van der Waals surface area contributed by atoms with Crippen LogP contribution in [-0.2, 0) is 9.47 Å². The zero-order valence-corrected chi connectivity index (χ0v) is 14.4. The topological polar surface area (TPSA) is 50.8 Å². The summed E-state index contributed by atoms with van der Waals surface area (Å²) in [6, 6.07) is 0.677. The van der Waals surface area contributed by atoms with Crippen LogP contribution in [0.1, 0.15) is 47.5 Å². The molecule has 1 amide bonds. The molecule has 0 saturated heterocycles. The number of hydrogen-bond donors (Lipinski definition) is 1. The van der Waals surface area contributed by atoms with Gasteiger partial charge in [0.2, 0.25) is 0 Å². The minimum Gasteiger partial charge on any atom is -0.444 e. The predicted octanol–water partition coefficient (Wildman–Crippen LogP) is 2.65. The van der Waals surface area contributed by atoms with Crippen LogP contribution in [0.5, 0.6) is 0 Å². The first-order valence-corrected chi connectivity index (χ1v) is 7.96. The van der Waals surface area contributed by atoms with Crippen molar-refractivity contribution in [2.24, 2.45) is 5.92 Å². The zero-order valence-electron chi connectivity index (χ0n) is 14.4. The molecule has 0 aliphatic heterocycles. The van der Waals surface area contributed by atoms with Gasteiger partial charge in [0, 0.05) is 32.3 Å². The van der Waals surface area contributed by atoms with Crippen molar-refractivity contribution in [3.63, 3.8) is 0 Å². The predicted molar refractivity (Wildman–Crippen MR) is 84.5 cm³/mol. The first-order valence-electron chi connectivity index (χ1n) is 7.96. The van der Waals surface area contributed by atoms with Crippen molar-refractivity contribution < 1.29 is 14.3 Å². The molecule has 0 aromatic rings. The summed E-state index contributed by atoms with van der Waals surface area (Å²) in [5, 5.41) is 3.48. The Morgan fingerprint density at radius 1 is 1.33 bits per heavy atom. The van der Waals surface area contributed by atoms with Gasteiger partial charge in [-0.3, -0.25) is 0 Å². The Hall–Kier alpha value is -0.810. The maximum atomic E-state index is 12.2. The van der Waals surface area contributed by atoms with Crippen molar-refractivity contribution in [2.75, 3.05) is 26.8 Å². The van der Waals surface area contributed by atoms with E-state index in [1.54, 1.807) is 7.11 Å². The fourth-order valence-corrected chi connectivity index (χ4v) is 2.17. The highest BCUT2D eigenvalue weighted by molar-refractivity contribution is 5.69. The average molecular weight is 300 g/mol. The van der Waals surface area contributed by atoms with Gasteiger partial charge in [-0.25, -0.2) is 4.79 Å². The van der Waals surface area contributed by atoms with Crippen molar-refractivity contribution in [2.45, 2.75) is 65.1 Å². The Labute approximate surface area is 129 Å². The van der Waals surface area contributed by atoms with E-state index in [1.807, 2.05) is 25.7 Å². The molecule has 1 unspecified atom stereocenters. The third kappa shape index (κ3) is 7.14. The van der Waals surface area contributed by atoms with Gasteiger partial charge in [-0.2, -0.15) is 0 Å². The molecular weight excluding hydrogens is 268 g/mol. The van der Waals surface area contributed by atoms with E-state index in [4.69, 9.17) is 9.47 Å². The van der Waals surface area contributed by atoms with Crippen LogP contribution in [0.25, 0.3) is 0 Å². The molecule has 1 atom stereocenters. The fourth-order valence-electron chi connectivity index (χ4n) is 2.17. The van der Waals surface area contributed by atoms with Crippen molar-refractivity contribution in [1.82, 2.24) is 10.2 Å². The number of carbonyl (C=O) groups excluding carboxylic acids is 1. The highest BCUT2D eigenvalue weighted by Gasteiger charge is 2.34. The SMILES string of the molecule is COCC(NCCN(C(=O)OC(C)(C)C)C1CC1)C(C)C. The molecule has 124 valence electrons. The van der Waals surface area contributed by atoms with Gasteiger partial charge in [0.25, 0.3) is 0 Å². The van der Waals surface area contributed by atoms with E-state index < -0.39 is 5.60 Å². The summed E-state index contributed by atoms with van der Waals surface area (Å²) in [5.74, 6) is 0.501. The molecule has 1 aliphatic carbocycles. The second-order valence-electron chi connectivity index (χ2n) is 7.16. The summed E-state index contributed by atoms with van der Waals surface area (Å²) in [6.45, 7) is 12.2. The number of carbonyl (C=O) groups is 1. The Bertz CT molecular complexity index is 322. The summed E-state index contributed by atoms with van der Waals surface area (Å²) in [6.07, 6.45) is 1.98. The van der Waals surface area contributed by atoms with Gasteiger partial charge >= 0.3 is 6.09 Å². The monoisotopic (exact) mass is 300 g/mol. The Morgan fingerprint density at radius 2 is 1.95 bits per heavy atom. The lowest BCUT2D eigenvalue weighted by molar-refractivity contribution is 0.0232. The third-order valence-electron chi connectivity index (χ3n) is 3.53. The van der Waals surface area contributed by atoms with Crippen molar-refractivity contribution in [3.8, 4) is 0 Å². The third-order valence-corrected chi connectivity index (χ3v) is 3.53. The van der Waals surface area contributed by atoms with E-state index in [1.165, 1.54) is 0 Å². The maximum absolute atomic E-state index is 12.2. The van der Waals surface area contributed by atoms with Crippen LogP contribution < -0.4 is 5.32 Å². The van der Waals surface area contributed by atoms with Crippen LogP contribution in [0, 0.1) is 5.92 Å². The van der Waals surface area contributed by atoms with Crippen LogP contribution in [0.15, 0.2) is 0 Å². The number of methoxy groups -OCH3 is 1. The first-order chi connectivity index (χ1) is 9.74. The van der Waals surface area contributed by atoms with Crippen LogP contribution in [0.4, 0.5) is 4.79 Å². The lowest BCUT2D eigenvalue weighted by Gasteiger charge is -2.28. The number of nitrogens with zero attached hydrogens (tertiary/aromatic N) is 1. The summed E-state index contributed by atoms with van der Waals surface area (Å²) in [4.78, 5) is 14.1. The lowest BCUT2D eigenvalue weighted by Crippen LogP contribution is -2.45. The molecule has 0 aromatic carbocycles. The molecule has 5 nitrogen and oxygen atoms in total. The molecule has 1 rings (SSSR count). The lowest BCUT2D eigenvalue weighted by atomic mass is 10.1. The Balaban J connectivity index is 2.43. The van der Waals surface area contributed by atoms with Crippen molar-refractivity contribution in [3.05, 3.63) is 0 Å². The van der Waals surface area contributed by atoms with Gasteiger partial charge in [-0.1, -0.05) is 13.8 Å². The van der Waals surface area contributed by atoms with Gasteiger partial charge in [0.1, 0.15) is 5.60 Å².